The van der Waals surface area contributed by atoms with Crippen LogP contribution < -0.4 is 0 Å². The van der Waals surface area contributed by atoms with E-state index in [1.54, 1.807) is 24.3 Å². The molecule has 1 aliphatic heterocycles. The van der Waals surface area contributed by atoms with Crippen molar-refractivity contribution in [2.24, 2.45) is 5.92 Å². The van der Waals surface area contributed by atoms with Gasteiger partial charge in [-0.2, -0.15) is 13.2 Å². The lowest BCUT2D eigenvalue weighted by Gasteiger charge is -2.45. The van der Waals surface area contributed by atoms with Crippen LogP contribution in [-0.2, 0) is 11.7 Å². The number of fused-ring (bicyclic) bond motifs is 1. The Kier molecular flexibility index (Phi) is 6.10. The van der Waals surface area contributed by atoms with E-state index in [-0.39, 0.29) is 16.7 Å². The van der Waals surface area contributed by atoms with Crippen molar-refractivity contribution in [2.45, 2.75) is 43.8 Å². The van der Waals surface area contributed by atoms with Crippen LogP contribution in [0.2, 0.25) is 0 Å². The molecule has 34 heavy (non-hydrogen) atoms. The summed E-state index contributed by atoms with van der Waals surface area (Å²) in [7, 11) is 0. The second-order valence-corrected chi connectivity index (χ2v) is 9.78. The summed E-state index contributed by atoms with van der Waals surface area (Å²) in [6.07, 6.45) is 1.75. The molecule has 0 bridgehead atoms. The predicted molar refractivity (Wildman–Crippen MR) is 123 cm³/mol. The summed E-state index contributed by atoms with van der Waals surface area (Å²) in [6, 6.07) is 11.3. The Balaban J connectivity index is 1.49. The fourth-order valence-electron chi connectivity index (χ4n) is 6.03. The van der Waals surface area contributed by atoms with Gasteiger partial charge in [0, 0.05) is 43.9 Å². The van der Waals surface area contributed by atoms with Gasteiger partial charge in [-0.1, -0.05) is 55.7 Å². The minimum atomic E-state index is -4.56. The van der Waals surface area contributed by atoms with Crippen molar-refractivity contribution in [1.82, 2.24) is 9.80 Å². The molecule has 2 aromatic rings. The number of Topliss-reactive ketones (excluding diaryl/α,β-unsaturated/α-hetero) is 2. The summed E-state index contributed by atoms with van der Waals surface area (Å²) in [6.45, 7) is 3.29. The normalized spacial score (nSPS) is 22.2. The number of carbonyl (C=O) groups is 2. The van der Waals surface area contributed by atoms with E-state index in [1.807, 2.05) is 4.90 Å². The molecule has 2 fully saturated rings. The van der Waals surface area contributed by atoms with Crippen molar-refractivity contribution in [3.05, 3.63) is 70.8 Å². The number of benzene rings is 2. The Morgan fingerprint density at radius 2 is 1.44 bits per heavy atom. The third-order valence-electron chi connectivity index (χ3n) is 7.77. The SMILES string of the molecule is O=C1c2ccccc2C(=O)C1(c1cccc(C(F)(F)F)c1)N1CCN(CC2CCCCC2)CC1. The second kappa shape index (κ2) is 8.93. The molecular formula is C27H29F3N2O2. The molecule has 2 aromatic carbocycles. The van der Waals surface area contributed by atoms with Crippen LogP contribution in [0.1, 0.15) is 63.9 Å². The third kappa shape index (κ3) is 3.89. The average molecular weight is 471 g/mol. The van der Waals surface area contributed by atoms with Gasteiger partial charge in [0.2, 0.25) is 0 Å². The minimum absolute atomic E-state index is 0.106. The Hall–Kier alpha value is -2.51. The zero-order chi connectivity index (χ0) is 23.9. The molecule has 1 heterocycles. The largest absolute Gasteiger partial charge is 0.416 e. The van der Waals surface area contributed by atoms with Gasteiger partial charge in [-0.15, -0.1) is 0 Å². The first kappa shape index (κ1) is 23.2. The van der Waals surface area contributed by atoms with Crippen LogP contribution in [0.25, 0.3) is 0 Å². The van der Waals surface area contributed by atoms with E-state index < -0.39 is 28.8 Å². The second-order valence-electron chi connectivity index (χ2n) is 9.78. The van der Waals surface area contributed by atoms with Crippen LogP contribution >= 0.6 is 0 Å². The maximum atomic E-state index is 13.8. The molecule has 5 rings (SSSR count). The third-order valence-corrected chi connectivity index (χ3v) is 7.77. The lowest BCUT2D eigenvalue weighted by Crippen LogP contribution is -2.60. The summed E-state index contributed by atoms with van der Waals surface area (Å²) < 4.78 is 40.7. The summed E-state index contributed by atoms with van der Waals surface area (Å²) in [5.41, 5.74) is -1.92. The van der Waals surface area contributed by atoms with E-state index in [1.165, 1.54) is 44.2 Å². The van der Waals surface area contributed by atoms with E-state index in [4.69, 9.17) is 0 Å². The molecule has 180 valence electrons. The number of alkyl halides is 3. The summed E-state index contributed by atoms with van der Waals surface area (Å²) in [5.74, 6) is -0.168. The van der Waals surface area contributed by atoms with Crippen molar-refractivity contribution < 1.29 is 22.8 Å². The lowest BCUT2D eigenvalue weighted by molar-refractivity contribution is -0.137. The van der Waals surface area contributed by atoms with E-state index in [0.717, 1.165) is 18.7 Å². The van der Waals surface area contributed by atoms with Crippen LogP contribution in [0.15, 0.2) is 48.5 Å². The number of halogens is 3. The molecule has 4 nitrogen and oxygen atoms in total. The van der Waals surface area contributed by atoms with Gasteiger partial charge in [0.1, 0.15) is 0 Å². The first-order valence-corrected chi connectivity index (χ1v) is 12.2. The molecule has 7 heteroatoms. The number of nitrogens with zero attached hydrogens (tertiary/aromatic N) is 2. The van der Waals surface area contributed by atoms with Crippen molar-refractivity contribution >= 4 is 11.6 Å². The fraction of sp³-hybridized carbons (Fsp3) is 0.481. The maximum absolute atomic E-state index is 13.8. The van der Waals surface area contributed by atoms with Crippen molar-refractivity contribution in [2.75, 3.05) is 32.7 Å². The first-order valence-electron chi connectivity index (χ1n) is 12.2. The molecular weight excluding hydrogens is 441 g/mol. The highest BCUT2D eigenvalue weighted by atomic mass is 19.4. The number of carbonyl (C=O) groups excluding carboxylic acids is 2. The predicted octanol–water partition coefficient (Wildman–Crippen LogP) is 5.18. The molecule has 1 saturated heterocycles. The molecule has 2 aliphatic carbocycles. The van der Waals surface area contributed by atoms with Crippen molar-refractivity contribution in [3.8, 4) is 0 Å². The molecule has 0 aromatic heterocycles. The van der Waals surface area contributed by atoms with Crippen LogP contribution in [0.3, 0.4) is 0 Å². The standard InChI is InChI=1S/C27H29F3N2O2/c28-27(29,30)21-10-6-9-20(17-21)26(24(33)22-11-4-5-12-23(22)25(26)34)32-15-13-31(14-16-32)18-19-7-2-1-3-8-19/h4-6,9-12,17,19H,1-3,7-8,13-16,18H2. The number of ketones is 2. The van der Waals surface area contributed by atoms with Gasteiger partial charge in [-0.05, 0) is 36.5 Å². The van der Waals surface area contributed by atoms with Crippen LogP contribution in [0.5, 0.6) is 0 Å². The van der Waals surface area contributed by atoms with E-state index in [2.05, 4.69) is 4.90 Å². The summed E-state index contributed by atoms with van der Waals surface area (Å²) >= 11 is 0. The quantitative estimate of drug-likeness (QED) is 0.578. The van der Waals surface area contributed by atoms with Gasteiger partial charge >= 0.3 is 6.18 Å². The van der Waals surface area contributed by atoms with E-state index in [0.29, 0.717) is 32.1 Å². The molecule has 0 amide bonds. The highest BCUT2D eigenvalue weighted by molar-refractivity contribution is 6.32. The van der Waals surface area contributed by atoms with Gasteiger partial charge in [0.15, 0.2) is 17.1 Å². The smallest absolute Gasteiger partial charge is 0.301 e. The Labute approximate surface area is 197 Å². The van der Waals surface area contributed by atoms with Gasteiger partial charge in [-0.25, -0.2) is 0 Å². The lowest BCUT2D eigenvalue weighted by atomic mass is 9.81. The van der Waals surface area contributed by atoms with Crippen LogP contribution in [-0.4, -0.2) is 54.1 Å². The highest BCUT2D eigenvalue weighted by Crippen LogP contribution is 2.44. The zero-order valence-corrected chi connectivity index (χ0v) is 19.1. The molecule has 0 spiro atoms. The van der Waals surface area contributed by atoms with Crippen molar-refractivity contribution in [3.63, 3.8) is 0 Å². The van der Waals surface area contributed by atoms with E-state index >= 15 is 0 Å². The topological polar surface area (TPSA) is 40.6 Å². The number of hydrogen-bond donors (Lipinski definition) is 0. The van der Waals surface area contributed by atoms with Crippen LogP contribution in [0, 0.1) is 5.92 Å². The Bertz CT molecular complexity index is 1050. The molecule has 1 saturated carbocycles. The van der Waals surface area contributed by atoms with Crippen LogP contribution in [0.4, 0.5) is 13.2 Å². The maximum Gasteiger partial charge on any atom is 0.416 e. The molecule has 0 N–H and O–H groups in total. The van der Waals surface area contributed by atoms with Gasteiger partial charge < -0.3 is 4.90 Å². The highest BCUT2D eigenvalue weighted by Gasteiger charge is 2.58. The summed E-state index contributed by atoms with van der Waals surface area (Å²) in [4.78, 5) is 31.9. The monoisotopic (exact) mass is 470 g/mol. The van der Waals surface area contributed by atoms with Crippen molar-refractivity contribution in [1.29, 1.82) is 0 Å². The fourth-order valence-corrected chi connectivity index (χ4v) is 6.03. The number of piperazine rings is 1. The minimum Gasteiger partial charge on any atom is -0.301 e. The molecule has 3 aliphatic rings. The molecule has 0 radical (unpaired) electrons. The number of rotatable bonds is 4. The van der Waals surface area contributed by atoms with Gasteiger partial charge in [-0.3, -0.25) is 14.5 Å². The molecule has 0 atom stereocenters. The zero-order valence-electron chi connectivity index (χ0n) is 19.1. The van der Waals surface area contributed by atoms with E-state index in [9.17, 15) is 22.8 Å². The first-order chi connectivity index (χ1) is 16.3. The Morgan fingerprint density at radius 1 is 0.824 bits per heavy atom. The number of hydrogen-bond acceptors (Lipinski definition) is 4. The summed E-state index contributed by atoms with van der Waals surface area (Å²) in [5, 5.41) is 0. The van der Waals surface area contributed by atoms with Gasteiger partial charge in [0.25, 0.3) is 0 Å². The average Bonchev–Trinajstić information content (AvgIpc) is 3.07. The van der Waals surface area contributed by atoms with Gasteiger partial charge in [0.05, 0.1) is 5.56 Å². The Morgan fingerprint density at radius 3 is 2.03 bits per heavy atom. The molecule has 0 unspecified atom stereocenters.